The Morgan fingerprint density at radius 2 is 2.13 bits per heavy atom. The Morgan fingerprint density at radius 1 is 1.48 bits per heavy atom. The maximum atomic E-state index is 11.2. The van der Waals surface area contributed by atoms with Crippen LogP contribution >= 0.6 is 23.4 Å². The first kappa shape index (κ1) is 18.7. The zero-order valence-electron chi connectivity index (χ0n) is 12.0. The molecule has 0 fully saturated rings. The van der Waals surface area contributed by atoms with Gasteiger partial charge < -0.3 is 5.11 Å². The Hall–Kier alpha value is -2.38. The number of allylic oxidation sites excluding steroid dienone is 3. The van der Waals surface area contributed by atoms with Crippen molar-refractivity contribution in [2.75, 3.05) is 0 Å². The second-order valence-electron chi connectivity index (χ2n) is 4.16. The van der Waals surface area contributed by atoms with Gasteiger partial charge in [-0.1, -0.05) is 36.0 Å². The highest BCUT2D eigenvalue weighted by Crippen LogP contribution is 2.35. The SMILES string of the molecule is C=C(Sc1cc(Cl)ccc1C(=O)O)/C(=C\C(C=O)=C/C)[N+](=O)[O-]. The molecule has 120 valence electrons. The topological polar surface area (TPSA) is 97.5 Å². The van der Waals surface area contributed by atoms with Crippen LogP contribution in [0.25, 0.3) is 0 Å². The number of rotatable bonds is 7. The van der Waals surface area contributed by atoms with Crippen molar-refractivity contribution in [3.05, 3.63) is 73.8 Å². The molecule has 1 aromatic carbocycles. The molecule has 0 saturated heterocycles. The molecule has 23 heavy (non-hydrogen) atoms. The van der Waals surface area contributed by atoms with Crippen molar-refractivity contribution >= 4 is 35.6 Å². The highest BCUT2D eigenvalue weighted by molar-refractivity contribution is 8.03. The smallest absolute Gasteiger partial charge is 0.336 e. The van der Waals surface area contributed by atoms with Gasteiger partial charge in [0.15, 0.2) is 0 Å². The molecule has 1 aromatic rings. The first-order valence-electron chi connectivity index (χ1n) is 6.17. The maximum absolute atomic E-state index is 11.2. The van der Waals surface area contributed by atoms with E-state index in [0.29, 0.717) is 11.3 Å². The minimum Gasteiger partial charge on any atom is -0.478 e. The molecule has 0 aliphatic rings. The standard InChI is InChI=1S/C15H12ClNO5S/c1-3-10(8-18)6-13(17(21)22)9(2)23-14-7-11(16)4-5-12(14)15(19)20/h3-8H,2H2,1H3,(H,19,20)/b10-3+,13-6+. The predicted octanol–water partition coefficient (Wildman–Crippen LogP) is 3.95. The maximum Gasteiger partial charge on any atom is 0.336 e. The van der Waals surface area contributed by atoms with E-state index < -0.39 is 16.6 Å². The zero-order valence-corrected chi connectivity index (χ0v) is 13.6. The van der Waals surface area contributed by atoms with Gasteiger partial charge in [0, 0.05) is 21.6 Å². The van der Waals surface area contributed by atoms with Crippen molar-refractivity contribution in [1.82, 2.24) is 0 Å². The molecule has 8 heteroatoms. The van der Waals surface area contributed by atoms with E-state index in [2.05, 4.69) is 6.58 Å². The van der Waals surface area contributed by atoms with Gasteiger partial charge in [-0.2, -0.15) is 0 Å². The zero-order chi connectivity index (χ0) is 17.6. The molecule has 6 nitrogen and oxygen atoms in total. The van der Waals surface area contributed by atoms with Gasteiger partial charge in [0.05, 0.1) is 15.4 Å². The lowest BCUT2D eigenvalue weighted by Gasteiger charge is -2.07. The van der Waals surface area contributed by atoms with Crippen molar-refractivity contribution in [2.24, 2.45) is 0 Å². The molecule has 0 aliphatic carbocycles. The Morgan fingerprint density at radius 3 is 2.61 bits per heavy atom. The molecule has 0 amide bonds. The first-order valence-corrected chi connectivity index (χ1v) is 7.37. The number of nitrogens with zero attached hydrogens (tertiary/aromatic N) is 1. The monoisotopic (exact) mass is 353 g/mol. The van der Waals surface area contributed by atoms with E-state index in [9.17, 15) is 19.7 Å². The van der Waals surface area contributed by atoms with Crippen LogP contribution in [0, 0.1) is 10.1 Å². The molecule has 1 rings (SSSR count). The summed E-state index contributed by atoms with van der Waals surface area (Å²) >= 11 is 6.64. The molecule has 0 saturated carbocycles. The van der Waals surface area contributed by atoms with Crippen LogP contribution in [0.3, 0.4) is 0 Å². The molecule has 0 spiro atoms. The van der Waals surface area contributed by atoms with Gasteiger partial charge in [0.1, 0.15) is 6.29 Å². The Balaban J connectivity index is 3.24. The number of carbonyl (C=O) groups excluding carboxylic acids is 1. The van der Waals surface area contributed by atoms with Crippen LogP contribution in [0.4, 0.5) is 0 Å². The predicted molar refractivity (Wildman–Crippen MR) is 88.3 cm³/mol. The van der Waals surface area contributed by atoms with Gasteiger partial charge in [-0.05, 0) is 25.1 Å². The number of thioether (sulfide) groups is 1. The van der Waals surface area contributed by atoms with E-state index in [0.717, 1.165) is 17.8 Å². The molecule has 0 aromatic heterocycles. The minimum atomic E-state index is -1.19. The number of carbonyl (C=O) groups is 2. The van der Waals surface area contributed by atoms with Crippen LogP contribution < -0.4 is 0 Å². The van der Waals surface area contributed by atoms with Gasteiger partial charge in [0.25, 0.3) is 5.70 Å². The fourth-order valence-electron chi connectivity index (χ4n) is 1.52. The van der Waals surface area contributed by atoms with Crippen molar-refractivity contribution in [2.45, 2.75) is 11.8 Å². The van der Waals surface area contributed by atoms with E-state index in [1.54, 1.807) is 6.92 Å². The third-order valence-corrected chi connectivity index (χ3v) is 3.91. The number of aromatic carboxylic acids is 1. The van der Waals surface area contributed by atoms with Crippen LogP contribution in [0.1, 0.15) is 17.3 Å². The molecule has 0 atom stereocenters. The number of aldehydes is 1. The summed E-state index contributed by atoms with van der Waals surface area (Å²) in [5, 5.41) is 20.6. The fraction of sp³-hybridized carbons (Fsp3) is 0.0667. The summed E-state index contributed by atoms with van der Waals surface area (Å²) in [4.78, 5) is 32.7. The number of hydrogen-bond donors (Lipinski definition) is 1. The highest BCUT2D eigenvalue weighted by atomic mass is 35.5. The quantitative estimate of drug-likeness (QED) is 0.199. The first-order chi connectivity index (χ1) is 10.8. The van der Waals surface area contributed by atoms with Gasteiger partial charge in [0.2, 0.25) is 0 Å². The Kier molecular flexibility index (Phi) is 6.74. The van der Waals surface area contributed by atoms with Gasteiger partial charge in [-0.25, -0.2) is 4.79 Å². The third kappa shape index (κ3) is 5.08. The van der Waals surface area contributed by atoms with E-state index in [-0.39, 0.29) is 20.9 Å². The van der Waals surface area contributed by atoms with Crippen molar-refractivity contribution in [3.8, 4) is 0 Å². The Bertz CT molecular complexity index is 739. The normalized spacial score (nSPS) is 11.9. The van der Waals surface area contributed by atoms with Crippen molar-refractivity contribution in [1.29, 1.82) is 0 Å². The second kappa shape index (κ2) is 8.30. The summed E-state index contributed by atoms with van der Waals surface area (Å²) in [6.45, 7) is 5.16. The lowest BCUT2D eigenvalue weighted by atomic mass is 10.2. The van der Waals surface area contributed by atoms with Crippen molar-refractivity contribution < 1.29 is 19.6 Å². The Labute approximate surface area is 141 Å². The molecule has 0 heterocycles. The number of benzene rings is 1. The third-order valence-electron chi connectivity index (χ3n) is 2.66. The number of carboxylic acid groups (broad SMARTS) is 1. The van der Waals surface area contributed by atoms with Crippen molar-refractivity contribution in [3.63, 3.8) is 0 Å². The van der Waals surface area contributed by atoms with Crippen LogP contribution in [-0.4, -0.2) is 22.3 Å². The average Bonchev–Trinajstić information content (AvgIpc) is 2.47. The lowest BCUT2D eigenvalue weighted by Crippen LogP contribution is -2.03. The molecule has 0 bridgehead atoms. The summed E-state index contributed by atoms with van der Waals surface area (Å²) in [6, 6.07) is 4.10. The van der Waals surface area contributed by atoms with E-state index in [1.165, 1.54) is 24.3 Å². The largest absolute Gasteiger partial charge is 0.478 e. The molecular weight excluding hydrogens is 342 g/mol. The van der Waals surface area contributed by atoms with Crippen LogP contribution in [0.2, 0.25) is 5.02 Å². The van der Waals surface area contributed by atoms with E-state index in [4.69, 9.17) is 16.7 Å². The number of halogens is 1. The van der Waals surface area contributed by atoms with Gasteiger partial charge in [-0.3, -0.25) is 14.9 Å². The molecular formula is C15H12ClNO5S. The van der Waals surface area contributed by atoms with Crippen LogP contribution in [0.15, 0.2) is 58.0 Å². The summed E-state index contributed by atoms with van der Waals surface area (Å²) in [6.07, 6.45) is 2.97. The van der Waals surface area contributed by atoms with E-state index in [1.807, 2.05) is 0 Å². The summed E-state index contributed by atoms with van der Waals surface area (Å²) in [7, 11) is 0. The van der Waals surface area contributed by atoms with Crippen LogP contribution in [0.5, 0.6) is 0 Å². The number of carboxylic acids is 1. The number of hydrogen-bond acceptors (Lipinski definition) is 5. The number of nitro groups is 1. The van der Waals surface area contributed by atoms with Gasteiger partial charge in [-0.15, -0.1) is 0 Å². The molecule has 1 N–H and O–H groups in total. The second-order valence-corrected chi connectivity index (χ2v) is 5.74. The molecule has 0 unspecified atom stereocenters. The van der Waals surface area contributed by atoms with Crippen LogP contribution in [-0.2, 0) is 4.79 Å². The van der Waals surface area contributed by atoms with E-state index >= 15 is 0 Å². The molecule has 0 aliphatic heterocycles. The highest BCUT2D eigenvalue weighted by Gasteiger charge is 2.20. The lowest BCUT2D eigenvalue weighted by molar-refractivity contribution is -0.419. The average molecular weight is 354 g/mol. The summed E-state index contributed by atoms with van der Waals surface area (Å²) in [5.74, 6) is -1.19. The summed E-state index contributed by atoms with van der Waals surface area (Å²) in [5.41, 5.74) is -0.334. The van der Waals surface area contributed by atoms with Gasteiger partial charge >= 0.3 is 5.97 Å². The fourth-order valence-corrected chi connectivity index (χ4v) is 2.71. The molecule has 0 radical (unpaired) electrons. The minimum absolute atomic E-state index is 0.0130. The summed E-state index contributed by atoms with van der Waals surface area (Å²) < 4.78 is 0.